The van der Waals surface area contributed by atoms with Gasteiger partial charge in [0.05, 0.1) is 16.0 Å². The molecule has 0 unspecified atom stereocenters. The minimum atomic E-state index is -0.300. The fraction of sp³-hybridized carbons (Fsp3) is 0.364. The molecule has 1 heterocycles. The van der Waals surface area contributed by atoms with Crippen LogP contribution in [0.3, 0.4) is 0 Å². The summed E-state index contributed by atoms with van der Waals surface area (Å²) < 4.78 is 0. The van der Waals surface area contributed by atoms with E-state index in [1.807, 2.05) is 35.2 Å². The van der Waals surface area contributed by atoms with Crippen molar-refractivity contribution in [3.05, 3.63) is 105 Å². The summed E-state index contributed by atoms with van der Waals surface area (Å²) in [4.78, 5) is 44.2. The van der Waals surface area contributed by atoms with Crippen LogP contribution in [-0.4, -0.2) is 59.7 Å². The first-order valence-electron chi connectivity index (χ1n) is 14.4. The van der Waals surface area contributed by atoms with Gasteiger partial charge in [0.2, 0.25) is 5.91 Å². The minimum absolute atomic E-state index is 0.0447. The van der Waals surface area contributed by atoms with Crippen molar-refractivity contribution in [1.82, 2.24) is 15.1 Å². The Labute approximate surface area is 261 Å². The van der Waals surface area contributed by atoms with E-state index in [0.29, 0.717) is 45.7 Å². The zero-order valence-electron chi connectivity index (χ0n) is 23.4. The summed E-state index contributed by atoms with van der Waals surface area (Å²) in [5.41, 5.74) is 2.05. The van der Waals surface area contributed by atoms with Crippen LogP contribution >= 0.6 is 34.8 Å². The largest absolute Gasteiger partial charge is 0.349 e. The zero-order valence-corrected chi connectivity index (χ0v) is 25.7. The van der Waals surface area contributed by atoms with Crippen molar-refractivity contribution < 1.29 is 14.4 Å². The van der Waals surface area contributed by atoms with E-state index in [-0.39, 0.29) is 41.6 Å². The highest BCUT2D eigenvalue weighted by Gasteiger charge is 2.41. The molecule has 1 aliphatic heterocycles. The molecule has 42 heavy (non-hydrogen) atoms. The summed E-state index contributed by atoms with van der Waals surface area (Å²) in [6.45, 7) is 0.935. The van der Waals surface area contributed by atoms with Crippen LogP contribution in [0.4, 0.5) is 0 Å². The Morgan fingerprint density at radius 3 is 2.26 bits per heavy atom. The molecule has 9 heteroatoms. The molecule has 220 valence electrons. The van der Waals surface area contributed by atoms with Crippen molar-refractivity contribution in [3.63, 3.8) is 0 Å². The van der Waals surface area contributed by atoms with Gasteiger partial charge in [0, 0.05) is 54.3 Å². The quantitative estimate of drug-likeness (QED) is 0.318. The number of amides is 3. The average Bonchev–Trinajstić information content (AvgIpc) is 3.02. The molecular weight excluding hydrogens is 593 g/mol. The highest BCUT2D eigenvalue weighted by atomic mass is 35.5. The lowest BCUT2D eigenvalue weighted by molar-refractivity contribution is -0.139. The molecule has 0 aromatic heterocycles. The predicted molar refractivity (Wildman–Crippen MR) is 167 cm³/mol. The molecule has 0 bridgehead atoms. The van der Waals surface area contributed by atoms with Gasteiger partial charge in [0.1, 0.15) is 0 Å². The van der Waals surface area contributed by atoms with E-state index in [9.17, 15) is 14.4 Å². The number of hydrogen-bond donors (Lipinski definition) is 1. The van der Waals surface area contributed by atoms with Crippen molar-refractivity contribution >= 4 is 52.5 Å². The van der Waals surface area contributed by atoms with E-state index < -0.39 is 0 Å². The van der Waals surface area contributed by atoms with Crippen LogP contribution in [0.2, 0.25) is 15.1 Å². The number of rotatable bonds is 6. The maximum atomic E-state index is 14.1. The maximum absolute atomic E-state index is 14.1. The number of hydrogen-bond acceptors (Lipinski definition) is 3. The monoisotopic (exact) mass is 625 g/mol. The molecule has 0 spiro atoms. The van der Waals surface area contributed by atoms with Crippen LogP contribution in [0.5, 0.6) is 0 Å². The first-order chi connectivity index (χ1) is 20.2. The van der Waals surface area contributed by atoms with Gasteiger partial charge in [-0.05, 0) is 73.4 Å². The second-order valence-electron chi connectivity index (χ2n) is 11.2. The molecule has 0 radical (unpaired) electrons. The van der Waals surface area contributed by atoms with E-state index in [2.05, 4.69) is 5.32 Å². The van der Waals surface area contributed by atoms with E-state index in [1.54, 1.807) is 54.4 Å². The highest BCUT2D eigenvalue weighted by Crippen LogP contribution is 2.36. The molecule has 6 nitrogen and oxygen atoms in total. The lowest BCUT2D eigenvalue weighted by Gasteiger charge is -2.45. The van der Waals surface area contributed by atoms with E-state index in [0.717, 1.165) is 31.2 Å². The first-order valence-corrected chi connectivity index (χ1v) is 15.5. The van der Waals surface area contributed by atoms with Crippen LogP contribution in [0.1, 0.15) is 64.3 Å². The number of benzene rings is 3. The second kappa shape index (κ2) is 13.5. The SMILES string of the molecule is CN(C(=O)c1ccc(Cl)cc1)[C@@H]1CCN(C(=O)[C@H]2CCCC[C@H]2NC(=O)c2ccccc2)C[C@H]1c1ccc(Cl)c(Cl)c1. The standard InChI is InChI=1S/C33H34Cl3N3O3/c1-38(32(41)22-11-14-24(34)15-12-22)30-17-18-39(20-26(30)23-13-16-27(35)28(36)19-23)33(42)25-9-5-6-10-29(25)37-31(40)21-7-3-2-4-8-21/h2-4,7-8,11-16,19,25-26,29-30H,5-6,9-10,17-18,20H2,1H3,(H,37,40)/t25-,26-,29+,30+/m0/s1. The molecule has 4 atom stereocenters. The fourth-order valence-corrected chi connectivity index (χ4v) is 6.73. The predicted octanol–water partition coefficient (Wildman–Crippen LogP) is 7.09. The zero-order chi connectivity index (χ0) is 29.8. The third-order valence-corrected chi connectivity index (χ3v) is 9.60. The van der Waals surface area contributed by atoms with Gasteiger partial charge in [-0.1, -0.05) is 71.9 Å². The summed E-state index contributed by atoms with van der Waals surface area (Å²) in [6.07, 6.45) is 4.00. The number of nitrogens with one attached hydrogen (secondary N) is 1. The Morgan fingerprint density at radius 2 is 1.55 bits per heavy atom. The van der Waals surface area contributed by atoms with Gasteiger partial charge in [-0.15, -0.1) is 0 Å². The smallest absolute Gasteiger partial charge is 0.253 e. The van der Waals surface area contributed by atoms with E-state index >= 15 is 0 Å². The van der Waals surface area contributed by atoms with Crippen molar-refractivity contribution in [1.29, 1.82) is 0 Å². The Balaban J connectivity index is 1.37. The maximum Gasteiger partial charge on any atom is 0.253 e. The van der Waals surface area contributed by atoms with Crippen molar-refractivity contribution in [2.45, 2.75) is 50.1 Å². The van der Waals surface area contributed by atoms with Gasteiger partial charge in [-0.25, -0.2) is 0 Å². The number of halogens is 3. The number of nitrogens with zero attached hydrogens (tertiary/aromatic N) is 2. The van der Waals surface area contributed by atoms with Crippen LogP contribution < -0.4 is 5.32 Å². The van der Waals surface area contributed by atoms with Gasteiger partial charge in [0.25, 0.3) is 11.8 Å². The van der Waals surface area contributed by atoms with Gasteiger partial charge in [-0.3, -0.25) is 14.4 Å². The first kappa shape index (κ1) is 30.4. The third kappa shape index (κ3) is 6.77. The summed E-state index contributed by atoms with van der Waals surface area (Å²) in [6, 6.07) is 21.1. The van der Waals surface area contributed by atoms with Gasteiger partial charge >= 0.3 is 0 Å². The molecule has 1 saturated heterocycles. The highest BCUT2D eigenvalue weighted by molar-refractivity contribution is 6.42. The third-order valence-electron chi connectivity index (χ3n) is 8.60. The summed E-state index contributed by atoms with van der Waals surface area (Å²) in [5, 5.41) is 4.59. The van der Waals surface area contributed by atoms with Gasteiger partial charge in [-0.2, -0.15) is 0 Å². The Morgan fingerprint density at radius 1 is 0.833 bits per heavy atom. The molecule has 1 N–H and O–H groups in total. The van der Waals surface area contributed by atoms with Crippen molar-refractivity contribution in [2.24, 2.45) is 5.92 Å². The summed E-state index contributed by atoms with van der Waals surface area (Å²) in [7, 11) is 1.81. The number of carbonyl (C=O) groups excluding carboxylic acids is 3. The summed E-state index contributed by atoms with van der Waals surface area (Å²) >= 11 is 18.7. The molecule has 1 aliphatic carbocycles. The van der Waals surface area contributed by atoms with E-state index in [1.165, 1.54) is 0 Å². The molecule has 1 saturated carbocycles. The number of piperidine rings is 1. The van der Waals surface area contributed by atoms with Crippen molar-refractivity contribution in [3.8, 4) is 0 Å². The number of likely N-dealkylation sites (N-methyl/N-ethyl adjacent to an activating group) is 1. The topological polar surface area (TPSA) is 69.7 Å². The molecule has 3 amide bonds. The minimum Gasteiger partial charge on any atom is -0.349 e. The molecule has 5 rings (SSSR count). The molecule has 2 aliphatic rings. The normalized spacial score (nSPS) is 22.3. The number of likely N-dealkylation sites (tertiary alicyclic amines) is 1. The number of carbonyl (C=O) groups is 3. The lowest BCUT2D eigenvalue weighted by atomic mass is 9.81. The van der Waals surface area contributed by atoms with E-state index in [4.69, 9.17) is 34.8 Å². The molecule has 2 fully saturated rings. The second-order valence-corrected chi connectivity index (χ2v) is 12.4. The van der Waals surface area contributed by atoms with Crippen LogP contribution in [-0.2, 0) is 4.79 Å². The average molecular weight is 627 g/mol. The van der Waals surface area contributed by atoms with Crippen LogP contribution in [0, 0.1) is 5.92 Å². The van der Waals surface area contributed by atoms with Crippen LogP contribution in [0.15, 0.2) is 72.8 Å². The Hall–Kier alpha value is -3.06. The lowest BCUT2D eigenvalue weighted by Crippen LogP contribution is -2.55. The Kier molecular flexibility index (Phi) is 9.77. The van der Waals surface area contributed by atoms with Crippen molar-refractivity contribution in [2.75, 3.05) is 20.1 Å². The fourth-order valence-electron chi connectivity index (χ4n) is 6.30. The molecule has 3 aromatic rings. The molecule has 3 aromatic carbocycles. The van der Waals surface area contributed by atoms with Gasteiger partial charge < -0.3 is 15.1 Å². The Bertz CT molecular complexity index is 1430. The summed E-state index contributed by atoms with van der Waals surface area (Å²) in [5.74, 6) is -0.707. The van der Waals surface area contributed by atoms with Gasteiger partial charge in [0.15, 0.2) is 0 Å². The van der Waals surface area contributed by atoms with Crippen LogP contribution in [0.25, 0.3) is 0 Å². The molecular formula is C33H34Cl3N3O3.